The number of carbonyl (C=O) groups excluding carboxylic acids is 1. The molecule has 0 aliphatic carbocycles. The minimum absolute atomic E-state index is 0.0550. The van der Waals surface area contributed by atoms with Crippen LogP contribution in [0.1, 0.15) is 53.8 Å². The van der Waals surface area contributed by atoms with Crippen molar-refractivity contribution in [3.63, 3.8) is 0 Å². The summed E-state index contributed by atoms with van der Waals surface area (Å²) in [5.74, 6) is -2.57. The minimum atomic E-state index is -1.13. The normalized spacial score (nSPS) is 13.6. The van der Waals surface area contributed by atoms with E-state index in [1.807, 2.05) is 0 Å². The van der Waals surface area contributed by atoms with Gasteiger partial charge in [-0.2, -0.15) is 5.10 Å². The summed E-state index contributed by atoms with van der Waals surface area (Å²) in [4.78, 5) is 39.9. The first-order chi connectivity index (χ1) is 11.7. The lowest BCUT2D eigenvalue weighted by Gasteiger charge is -2.27. The van der Waals surface area contributed by atoms with E-state index in [1.165, 1.54) is 9.58 Å². The van der Waals surface area contributed by atoms with Crippen LogP contribution in [0.3, 0.4) is 0 Å². The average Bonchev–Trinajstić information content (AvgIpc) is 3.03. The van der Waals surface area contributed by atoms with Crippen LogP contribution in [0, 0.1) is 13.8 Å². The molecule has 1 aliphatic rings. The number of nitrogens with zero attached hydrogens (tertiary/aromatic N) is 3. The number of aromatic carboxylic acids is 2. The highest BCUT2D eigenvalue weighted by Gasteiger charge is 2.31. The molecule has 0 saturated carbocycles. The van der Waals surface area contributed by atoms with E-state index in [1.54, 1.807) is 20.9 Å². The molecule has 2 aromatic heterocycles. The van der Waals surface area contributed by atoms with E-state index in [-0.39, 0.29) is 29.4 Å². The van der Waals surface area contributed by atoms with Gasteiger partial charge in [-0.15, -0.1) is 0 Å². The zero-order chi connectivity index (χ0) is 18.5. The monoisotopic (exact) mass is 346 g/mol. The molecule has 0 radical (unpaired) electrons. The Morgan fingerprint density at radius 2 is 1.84 bits per heavy atom. The minimum Gasteiger partial charge on any atom is -0.478 e. The molecule has 9 nitrogen and oxygen atoms in total. The van der Waals surface area contributed by atoms with Crippen molar-refractivity contribution in [2.75, 3.05) is 6.54 Å². The second-order valence-electron chi connectivity index (χ2n) is 6.11. The number of nitrogens with one attached hydrogen (secondary N) is 1. The van der Waals surface area contributed by atoms with Gasteiger partial charge in [-0.25, -0.2) is 9.59 Å². The second-order valence-corrected chi connectivity index (χ2v) is 6.11. The number of carbonyl (C=O) groups is 3. The van der Waals surface area contributed by atoms with E-state index in [9.17, 15) is 24.6 Å². The molecule has 25 heavy (non-hydrogen) atoms. The van der Waals surface area contributed by atoms with Crippen LogP contribution >= 0.6 is 0 Å². The third kappa shape index (κ3) is 2.57. The van der Waals surface area contributed by atoms with E-state index in [0.717, 1.165) is 5.69 Å². The van der Waals surface area contributed by atoms with Gasteiger partial charge in [0.05, 0.1) is 12.1 Å². The van der Waals surface area contributed by atoms with Gasteiger partial charge < -0.3 is 20.1 Å². The summed E-state index contributed by atoms with van der Waals surface area (Å²) in [6.45, 7) is 3.72. The standard InChI is InChI=1S/C16H18N4O5/c1-7-11(15(22)23)8(2)17-12(7)14(21)20-5-4-10-9(6-20)13(16(24)25)18-19(10)3/h17H,4-6H2,1-3H3,(H,22,23)(H,24,25). The van der Waals surface area contributed by atoms with Crippen molar-refractivity contribution in [1.29, 1.82) is 0 Å². The first kappa shape index (κ1) is 16.7. The largest absolute Gasteiger partial charge is 0.478 e. The number of aromatic nitrogens is 3. The number of hydrogen-bond donors (Lipinski definition) is 3. The van der Waals surface area contributed by atoms with Crippen LogP contribution in [-0.2, 0) is 20.0 Å². The van der Waals surface area contributed by atoms with Gasteiger partial charge in [0.25, 0.3) is 5.91 Å². The van der Waals surface area contributed by atoms with Gasteiger partial charge in [-0.1, -0.05) is 0 Å². The van der Waals surface area contributed by atoms with Gasteiger partial charge >= 0.3 is 11.9 Å². The highest BCUT2D eigenvalue weighted by Crippen LogP contribution is 2.25. The average molecular weight is 346 g/mol. The van der Waals surface area contributed by atoms with Gasteiger partial charge in [-0.3, -0.25) is 9.48 Å². The fourth-order valence-corrected chi connectivity index (χ4v) is 3.38. The van der Waals surface area contributed by atoms with Gasteiger partial charge in [-0.05, 0) is 19.4 Å². The summed E-state index contributed by atoms with van der Waals surface area (Å²) in [5, 5.41) is 22.6. The molecule has 0 atom stereocenters. The number of hydrogen-bond acceptors (Lipinski definition) is 4. The van der Waals surface area contributed by atoms with Crippen molar-refractivity contribution in [1.82, 2.24) is 19.7 Å². The maximum absolute atomic E-state index is 12.8. The zero-order valence-electron chi connectivity index (χ0n) is 14.1. The maximum atomic E-state index is 12.8. The number of amides is 1. The predicted octanol–water partition coefficient (Wildman–Crippen LogP) is 0.960. The van der Waals surface area contributed by atoms with E-state index in [0.29, 0.717) is 29.8 Å². The molecule has 1 aliphatic heterocycles. The van der Waals surface area contributed by atoms with Crippen molar-refractivity contribution < 1.29 is 24.6 Å². The second kappa shape index (κ2) is 5.76. The summed E-state index contributed by atoms with van der Waals surface area (Å²) >= 11 is 0. The van der Waals surface area contributed by atoms with E-state index >= 15 is 0 Å². The van der Waals surface area contributed by atoms with Crippen LogP contribution in [0.5, 0.6) is 0 Å². The van der Waals surface area contributed by atoms with Crippen LogP contribution in [0.2, 0.25) is 0 Å². The van der Waals surface area contributed by atoms with Gasteiger partial charge in [0.2, 0.25) is 0 Å². The number of carboxylic acid groups (broad SMARTS) is 2. The van der Waals surface area contributed by atoms with Crippen LogP contribution in [-0.4, -0.2) is 54.3 Å². The number of rotatable bonds is 3. The molecule has 0 aromatic carbocycles. The Morgan fingerprint density at radius 1 is 1.16 bits per heavy atom. The summed E-state index contributed by atoms with van der Waals surface area (Å²) in [5.41, 5.74) is 2.37. The molecular formula is C16H18N4O5. The van der Waals surface area contributed by atoms with Crippen LogP contribution in [0.15, 0.2) is 0 Å². The van der Waals surface area contributed by atoms with Crippen molar-refractivity contribution in [2.24, 2.45) is 7.05 Å². The lowest BCUT2D eigenvalue weighted by atomic mass is 10.0. The van der Waals surface area contributed by atoms with Crippen molar-refractivity contribution in [3.05, 3.63) is 39.5 Å². The van der Waals surface area contributed by atoms with Crippen LogP contribution < -0.4 is 0 Å². The first-order valence-corrected chi connectivity index (χ1v) is 7.72. The lowest BCUT2D eigenvalue weighted by Crippen LogP contribution is -2.37. The number of carboxylic acids is 2. The Bertz CT molecular complexity index is 908. The quantitative estimate of drug-likeness (QED) is 0.759. The van der Waals surface area contributed by atoms with E-state index < -0.39 is 11.9 Å². The van der Waals surface area contributed by atoms with Crippen molar-refractivity contribution in [2.45, 2.75) is 26.8 Å². The molecule has 0 saturated heterocycles. The molecule has 1 amide bonds. The van der Waals surface area contributed by atoms with E-state index in [2.05, 4.69) is 10.1 Å². The molecule has 132 valence electrons. The molecular weight excluding hydrogens is 328 g/mol. The van der Waals surface area contributed by atoms with Crippen molar-refractivity contribution in [3.8, 4) is 0 Å². The molecule has 0 spiro atoms. The SMILES string of the molecule is Cc1[nH]c(C(=O)N2CCc3c(c(C(=O)O)nn3C)C2)c(C)c1C(=O)O. The van der Waals surface area contributed by atoms with Crippen LogP contribution in [0.4, 0.5) is 0 Å². The number of aromatic amines is 1. The molecule has 0 bridgehead atoms. The molecule has 0 fully saturated rings. The molecule has 3 N–H and O–H groups in total. The number of aryl methyl sites for hydroxylation is 2. The first-order valence-electron chi connectivity index (χ1n) is 7.72. The molecule has 2 aromatic rings. The summed E-state index contributed by atoms with van der Waals surface area (Å²) in [7, 11) is 1.68. The van der Waals surface area contributed by atoms with Crippen molar-refractivity contribution >= 4 is 17.8 Å². The summed E-state index contributed by atoms with van der Waals surface area (Å²) in [6.07, 6.45) is 0.488. The van der Waals surface area contributed by atoms with Gasteiger partial charge in [0.1, 0.15) is 5.69 Å². The van der Waals surface area contributed by atoms with Gasteiger partial charge in [0.15, 0.2) is 5.69 Å². The van der Waals surface area contributed by atoms with Gasteiger partial charge in [0, 0.05) is 37.0 Å². The Hall–Kier alpha value is -3.10. The smallest absolute Gasteiger partial charge is 0.356 e. The molecule has 3 rings (SSSR count). The number of fused-ring (bicyclic) bond motifs is 1. The highest BCUT2D eigenvalue weighted by molar-refractivity contribution is 6.00. The molecule has 9 heteroatoms. The topological polar surface area (TPSA) is 129 Å². The Balaban J connectivity index is 1.95. The molecule has 3 heterocycles. The maximum Gasteiger partial charge on any atom is 0.356 e. The zero-order valence-corrected chi connectivity index (χ0v) is 14.1. The fraction of sp³-hybridized carbons (Fsp3) is 0.375. The summed E-state index contributed by atoms with van der Waals surface area (Å²) < 4.78 is 1.53. The number of H-pyrrole nitrogens is 1. The van der Waals surface area contributed by atoms with Crippen LogP contribution in [0.25, 0.3) is 0 Å². The predicted molar refractivity (Wildman–Crippen MR) is 85.8 cm³/mol. The molecule has 0 unspecified atom stereocenters. The Morgan fingerprint density at radius 3 is 2.40 bits per heavy atom. The fourth-order valence-electron chi connectivity index (χ4n) is 3.38. The van der Waals surface area contributed by atoms with E-state index in [4.69, 9.17) is 0 Å². The Labute approximate surface area is 142 Å². The Kier molecular flexibility index (Phi) is 3.86. The third-order valence-electron chi connectivity index (χ3n) is 4.60. The highest BCUT2D eigenvalue weighted by atomic mass is 16.4. The third-order valence-corrected chi connectivity index (χ3v) is 4.60. The summed E-state index contributed by atoms with van der Waals surface area (Å²) in [6, 6.07) is 0. The lowest BCUT2D eigenvalue weighted by molar-refractivity contribution is 0.0670.